The van der Waals surface area contributed by atoms with Crippen molar-refractivity contribution in [3.05, 3.63) is 33.9 Å². The number of nitrogens with zero attached hydrogens (tertiary/aromatic N) is 1. The average molecular weight is 280 g/mol. The third kappa shape index (κ3) is 4.18. The zero-order valence-electron chi connectivity index (χ0n) is 11.6. The van der Waals surface area contributed by atoms with Gasteiger partial charge in [-0.3, -0.25) is 10.1 Å². The molecule has 0 unspecified atom stereocenters. The molecule has 1 saturated heterocycles. The molecule has 0 amide bonds. The topological polar surface area (TPSA) is 73.6 Å². The molecule has 1 aromatic carbocycles. The number of aryl methyl sites for hydroxylation is 1. The Morgan fingerprint density at radius 1 is 1.55 bits per heavy atom. The monoisotopic (exact) mass is 280 g/mol. The molecule has 0 radical (unpaired) electrons. The van der Waals surface area contributed by atoms with Crippen LogP contribution in [0, 0.1) is 17.0 Å². The molecule has 1 aliphatic rings. The Hall–Kier alpha value is -1.66. The van der Waals surface area contributed by atoms with Crippen LogP contribution >= 0.6 is 0 Å². The van der Waals surface area contributed by atoms with Crippen molar-refractivity contribution in [3.63, 3.8) is 0 Å². The van der Waals surface area contributed by atoms with Gasteiger partial charge in [0, 0.05) is 25.8 Å². The number of nitro benzene ring substituents is 1. The molecule has 2 rings (SSSR count). The van der Waals surface area contributed by atoms with Gasteiger partial charge in [-0.1, -0.05) is 6.07 Å². The summed E-state index contributed by atoms with van der Waals surface area (Å²) in [4.78, 5) is 10.5. The van der Waals surface area contributed by atoms with Crippen molar-refractivity contribution < 1.29 is 14.4 Å². The first-order chi connectivity index (χ1) is 9.66. The Labute approximate surface area is 118 Å². The molecule has 0 saturated carbocycles. The van der Waals surface area contributed by atoms with Crippen LogP contribution in [0.1, 0.15) is 18.4 Å². The van der Waals surface area contributed by atoms with Crippen molar-refractivity contribution in [2.45, 2.75) is 25.9 Å². The summed E-state index contributed by atoms with van der Waals surface area (Å²) in [6.45, 7) is 4.58. The molecule has 1 atom stereocenters. The first kappa shape index (κ1) is 14.7. The predicted molar refractivity (Wildman–Crippen MR) is 75.2 cm³/mol. The molecule has 0 spiro atoms. The average Bonchev–Trinajstić information content (AvgIpc) is 2.91. The summed E-state index contributed by atoms with van der Waals surface area (Å²) in [5, 5.41) is 14.1. The van der Waals surface area contributed by atoms with E-state index in [-0.39, 0.29) is 5.69 Å². The van der Waals surface area contributed by atoms with Crippen LogP contribution in [0.2, 0.25) is 0 Å². The Morgan fingerprint density at radius 2 is 2.40 bits per heavy atom. The van der Waals surface area contributed by atoms with E-state index in [2.05, 4.69) is 5.32 Å². The smallest absolute Gasteiger partial charge is 0.310 e. The summed E-state index contributed by atoms with van der Waals surface area (Å²) in [6.07, 6.45) is 2.51. The van der Waals surface area contributed by atoms with E-state index in [1.54, 1.807) is 12.1 Å². The summed E-state index contributed by atoms with van der Waals surface area (Å²) in [7, 11) is 0. The maximum atomic E-state index is 10.9. The Morgan fingerprint density at radius 3 is 3.10 bits per heavy atom. The van der Waals surface area contributed by atoms with Gasteiger partial charge in [0.05, 0.1) is 11.0 Å². The third-order valence-electron chi connectivity index (χ3n) is 3.24. The molecule has 110 valence electrons. The first-order valence-corrected chi connectivity index (χ1v) is 6.87. The molecular weight excluding hydrogens is 260 g/mol. The number of nitrogens with one attached hydrogen (secondary N) is 1. The third-order valence-corrected chi connectivity index (χ3v) is 3.24. The van der Waals surface area contributed by atoms with Crippen LogP contribution in [0.25, 0.3) is 0 Å². The fraction of sp³-hybridized carbons (Fsp3) is 0.571. The van der Waals surface area contributed by atoms with Crippen LogP contribution in [0.4, 0.5) is 5.69 Å². The van der Waals surface area contributed by atoms with E-state index >= 15 is 0 Å². The summed E-state index contributed by atoms with van der Waals surface area (Å²) < 4.78 is 11.0. The molecule has 6 nitrogen and oxygen atoms in total. The van der Waals surface area contributed by atoms with Crippen molar-refractivity contribution in [3.8, 4) is 5.75 Å². The lowest BCUT2D eigenvalue weighted by Crippen LogP contribution is -2.29. The standard InChI is InChI=1S/C14H20N2O4/c1-11-4-5-13(16(17)18)14(9-11)20-8-6-15-10-12-3-2-7-19-12/h4-5,9,12,15H,2-3,6-8,10H2,1H3/t12-/m0/s1. The first-order valence-electron chi connectivity index (χ1n) is 6.87. The van der Waals surface area contributed by atoms with Gasteiger partial charge in [0.2, 0.25) is 0 Å². The van der Waals surface area contributed by atoms with Gasteiger partial charge >= 0.3 is 5.69 Å². The second-order valence-corrected chi connectivity index (χ2v) is 4.92. The molecule has 1 aliphatic heterocycles. The van der Waals surface area contributed by atoms with Crippen molar-refractivity contribution in [1.29, 1.82) is 0 Å². The quantitative estimate of drug-likeness (QED) is 0.470. The van der Waals surface area contributed by atoms with Crippen LogP contribution in [-0.2, 0) is 4.74 Å². The SMILES string of the molecule is Cc1ccc([N+](=O)[O-])c(OCCNC[C@@H]2CCCO2)c1. The largest absolute Gasteiger partial charge is 0.485 e. The van der Waals surface area contributed by atoms with Gasteiger partial charge in [0.15, 0.2) is 5.75 Å². The van der Waals surface area contributed by atoms with Crippen molar-refractivity contribution in [1.82, 2.24) is 5.32 Å². The van der Waals surface area contributed by atoms with E-state index < -0.39 is 4.92 Å². The maximum absolute atomic E-state index is 10.9. The van der Waals surface area contributed by atoms with Gasteiger partial charge in [0.25, 0.3) is 0 Å². The van der Waals surface area contributed by atoms with Crippen molar-refractivity contribution in [2.75, 3.05) is 26.3 Å². The van der Waals surface area contributed by atoms with Crippen molar-refractivity contribution in [2.24, 2.45) is 0 Å². The highest BCUT2D eigenvalue weighted by molar-refractivity contribution is 5.48. The Kier molecular flexibility index (Phi) is 5.31. The Balaban J connectivity index is 1.75. The van der Waals surface area contributed by atoms with Gasteiger partial charge in [-0.2, -0.15) is 0 Å². The molecule has 20 heavy (non-hydrogen) atoms. The van der Waals surface area contributed by atoms with E-state index in [1.165, 1.54) is 6.07 Å². The Bertz CT molecular complexity index is 458. The number of ether oxygens (including phenoxy) is 2. The van der Waals surface area contributed by atoms with Gasteiger partial charge in [-0.15, -0.1) is 0 Å². The van der Waals surface area contributed by atoms with Gasteiger partial charge in [0.1, 0.15) is 6.61 Å². The number of nitro groups is 1. The summed E-state index contributed by atoms with van der Waals surface area (Å²) >= 11 is 0. The van der Waals surface area contributed by atoms with E-state index in [0.717, 1.165) is 31.6 Å². The van der Waals surface area contributed by atoms with E-state index in [0.29, 0.717) is 25.0 Å². The van der Waals surface area contributed by atoms with E-state index in [1.807, 2.05) is 6.92 Å². The molecule has 1 fully saturated rings. The number of hydrogen-bond acceptors (Lipinski definition) is 5. The molecule has 1 aromatic rings. The maximum Gasteiger partial charge on any atom is 0.310 e. The van der Waals surface area contributed by atoms with Crippen molar-refractivity contribution >= 4 is 5.69 Å². The normalized spacial score (nSPS) is 18.1. The van der Waals surface area contributed by atoms with Crippen LogP contribution in [0.3, 0.4) is 0 Å². The van der Waals surface area contributed by atoms with Crippen LogP contribution < -0.4 is 10.1 Å². The summed E-state index contributed by atoms with van der Waals surface area (Å²) in [5.74, 6) is 0.328. The van der Waals surface area contributed by atoms with Crippen LogP contribution in [-0.4, -0.2) is 37.3 Å². The van der Waals surface area contributed by atoms with E-state index in [4.69, 9.17) is 9.47 Å². The molecule has 0 bridgehead atoms. The minimum absolute atomic E-state index is 0.00901. The molecular formula is C14H20N2O4. The minimum Gasteiger partial charge on any atom is -0.485 e. The lowest BCUT2D eigenvalue weighted by Gasteiger charge is -2.11. The molecule has 0 aliphatic carbocycles. The molecule has 0 aromatic heterocycles. The molecule has 6 heteroatoms. The zero-order chi connectivity index (χ0) is 14.4. The molecule has 1 N–H and O–H groups in total. The van der Waals surface area contributed by atoms with Gasteiger partial charge < -0.3 is 14.8 Å². The number of hydrogen-bond donors (Lipinski definition) is 1. The lowest BCUT2D eigenvalue weighted by atomic mass is 10.2. The predicted octanol–water partition coefficient (Wildman–Crippen LogP) is 2.05. The number of benzene rings is 1. The summed E-state index contributed by atoms with van der Waals surface area (Å²) in [6, 6.07) is 4.88. The highest BCUT2D eigenvalue weighted by Crippen LogP contribution is 2.27. The second kappa shape index (κ2) is 7.21. The fourth-order valence-corrected chi connectivity index (χ4v) is 2.19. The highest BCUT2D eigenvalue weighted by Gasteiger charge is 2.16. The van der Waals surface area contributed by atoms with Crippen LogP contribution in [0.5, 0.6) is 5.75 Å². The fourth-order valence-electron chi connectivity index (χ4n) is 2.19. The van der Waals surface area contributed by atoms with Gasteiger partial charge in [-0.05, 0) is 31.4 Å². The molecule has 1 heterocycles. The van der Waals surface area contributed by atoms with E-state index in [9.17, 15) is 10.1 Å². The number of rotatable bonds is 7. The zero-order valence-corrected chi connectivity index (χ0v) is 11.6. The van der Waals surface area contributed by atoms with Crippen LogP contribution in [0.15, 0.2) is 18.2 Å². The van der Waals surface area contributed by atoms with Gasteiger partial charge in [-0.25, -0.2) is 0 Å². The lowest BCUT2D eigenvalue weighted by molar-refractivity contribution is -0.385. The second-order valence-electron chi connectivity index (χ2n) is 4.92. The minimum atomic E-state index is -0.422. The summed E-state index contributed by atoms with van der Waals surface area (Å²) in [5.41, 5.74) is 0.952. The highest BCUT2D eigenvalue weighted by atomic mass is 16.6.